The fraction of sp³-hybridized carbons (Fsp3) is 0.579. The van der Waals surface area contributed by atoms with E-state index < -0.39 is 0 Å². The zero-order valence-electron chi connectivity index (χ0n) is 15.2. The molecule has 132 valence electrons. The van der Waals surface area contributed by atoms with Gasteiger partial charge in [-0.2, -0.15) is 0 Å². The molecule has 1 aromatic carbocycles. The van der Waals surface area contributed by atoms with Crippen molar-refractivity contribution in [2.45, 2.75) is 66.1 Å². The third kappa shape index (κ3) is 4.28. The van der Waals surface area contributed by atoms with Crippen molar-refractivity contribution in [2.24, 2.45) is 5.92 Å². The number of rotatable bonds is 8. The molecule has 1 unspecified atom stereocenters. The lowest BCUT2D eigenvalue weighted by Crippen LogP contribution is -2.34. The van der Waals surface area contributed by atoms with Crippen molar-refractivity contribution < 1.29 is 4.79 Å². The Morgan fingerprint density at radius 1 is 1.08 bits per heavy atom. The van der Waals surface area contributed by atoms with Gasteiger partial charge < -0.3 is 5.32 Å². The van der Waals surface area contributed by atoms with Crippen LogP contribution in [0.1, 0.15) is 47.0 Å². The predicted octanol–water partition coefficient (Wildman–Crippen LogP) is 3.15. The molecule has 0 saturated heterocycles. The van der Waals surface area contributed by atoms with Gasteiger partial charge in [0, 0.05) is 25.6 Å². The second kappa shape index (κ2) is 8.18. The number of amides is 1. The van der Waals surface area contributed by atoms with Gasteiger partial charge in [-0.1, -0.05) is 26.0 Å². The molecular weight excluding hydrogens is 302 g/mol. The zero-order chi connectivity index (χ0) is 17.7. The van der Waals surface area contributed by atoms with Crippen LogP contribution in [0.2, 0.25) is 0 Å². The Morgan fingerprint density at radius 3 is 2.29 bits per heavy atom. The van der Waals surface area contributed by atoms with E-state index in [0.717, 1.165) is 23.9 Å². The number of hydrogen-bond acceptors (Lipinski definition) is 2. The van der Waals surface area contributed by atoms with Gasteiger partial charge in [0.1, 0.15) is 0 Å². The first-order valence-corrected chi connectivity index (χ1v) is 8.91. The van der Waals surface area contributed by atoms with Gasteiger partial charge in [0.15, 0.2) is 0 Å². The molecule has 0 spiro atoms. The number of benzene rings is 1. The summed E-state index contributed by atoms with van der Waals surface area (Å²) in [5, 5.41) is 3.03. The number of para-hydroxylation sites is 2. The second-order valence-corrected chi connectivity index (χ2v) is 6.86. The number of aryl methyl sites for hydroxylation is 2. The first-order chi connectivity index (χ1) is 11.4. The monoisotopic (exact) mass is 331 g/mol. The van der Waals surface area contributed by atoms with Crippen LogP contribution in [-0.4, -0.2) is 21.1 Å². The minimum atomic E-state index is -0.0423. The van der Waals surface area contributed by atoms with Crippen molar-refractivity contribution in [2.75, 3.05) is 0 Å². The van der Waals surface area contributed by atoms with Crippen LogP contribution in [0, 0.1) is 5.92 Å². The third-order valence-corrected chi connectivity index (χ3v) is 4.39. The molecular formula is C19H29N3O2. The molecule has 0 radical (unpaired) electrons. The van der Waals surface area contributed by atoms with Crippen LogP contribution in [0.15, 0.2) is 29.1 Å². The highest BCUT2D eigenvalue weighted by atomic mass is 16.2. The van der Waals surface area contributed by atoms with Gasteiger partial charge in [0.05, 0.1) is 11.0 Å². The first kappa shape index (κ1) is 18.3. The summed E-state index contributed by atoms with van der Waals surface area (Å²) in [5.74, 6) is 0.648. The maximum absolute atomic E-state index is 12.5. The van der Waals surface area contributed by atoms with Crippen molar-refractivity contribution >= 4 is 16.9 Å². The second-order valence-electron chi connectivity index (χ2n) is 6.86. The largest absolute Gasteiger partial charge is 0.354 e. The van der Waals surface area contributed by atoms with Gasteiger partial charge in [-0.25, -0.2) is 4.79 Å². The number of fused-ring (bicyclic) bond motifs is 1. The Labute approximate surface area is 143 Å². The Balaban J connectivity index is 2.02. The van der Waals surface area contributed by atoms with E-state index in [1.54, 1.807) is 9.13 Å². The smallest absolute Gasteiger partial charge is 0.329 e. The quantitative estimate of drug-likeness (QED) is 0.808. The maximum atomic E-state index is 12.5. The molecule has 0 saturated carbocycles. The van der Waals surface area contributed by atoms with E-state index in [9.17, 15) is 9.59 Å². The molecule has 0 aliphatic carbocycles. The van der Waals surface area contributed by atoms with Crippen molar-refractivity contribution in [3.8, 4) is 0 Å². The Hall–Kier alpha value is -2.04. The summed E-state index contributed by atoms with van der Waals surface area (Å²) in [5.41, 5.74) is 1.78. The van der Waals surface area contributed by atoms with Crippen molar-refractivity contribution in [1.82, 2.24) is 14.5 Å². The molecule has 1 N–H and O–H groups in total. The lowest BCUT2D eigenvalue weighted by Gasteiger charge is -2.15. The molecule has 0 bridgehead atoms. The minimum absolute atomic E-state index is 0.00601. The Bertz CT molecular complexity index is 743. The van der Waals surface area contributed by atoms with Gasteiger partial charge in [-0.3, -0.25) is 13.9 Å². The van der Waals surface area contributed by atoms with Gasteiger partial charge in [0.25, 0.3) is 0 Å². The van der Waals surface area contributed by atoms with Gasteiger partial charge in [-0.15, -0.1) is 0 Å². The normalized spacial score (nSPS) is 12.7. The third-order valence-electron chi connectivity index (χ3n) is 4.39. The molecule has 1 atom stereocenters. The molecule has 1 amide bonds. The summed E-state index contributed by atoms with van der Waals surface area (Å²) < 4.78 is 3.45. The summed E-state index contributed by atoms with van der Waals surface area (Å²) in [7, 11) is 0. The number of nitrogens with zero attached hydrogens (tertiary/aromatic N) is 2. The van der Waals surface area contributed by atoms with E-state index in [1.165, 1.54) is 0 Å². The Kier molecular flexibility index (Phi) is 6.23. The van der Waals surface area contributed by atoms with Crippen LogP contribution < -0.4 is 11.0 Å². The number of aromatic nitrogens is 2. The molecule has 2 rings (SSSR count). The molecule has 24 heavy (non-hydrogen) atoms. The van der Waals surface area contributed by atoms with E-state index in [2.05, 4.69) is 19.2 Å². The molecule has 1 heterocycles. The van der Waals surface area contributed by atoms with E-state index >= 15 is 0 Å². The number of imidazole rings is 1. The fourth-order valence-electron chi connectivity index (χ4n) is 3.01. The predicted molar refractivity (Wildman–Crippen MR) is 98.2 cm³/mol. The van der Waals surface area contributed by atoms with Crippen molar-refractivity contribution in [1.29, 1.82) is 0 Å². The van der Waals surface area contributed by atoms with Crippen LogP contribution in [-0.2, 0) is 17.9 Å². The molecule has 5 nitrogen and oxygen atoms in total. The van der Waals surface area contributed by atoms with Crippen LogP contribution in [0.3, 0.4) is 0 Å². The first-order valence-electron chi connectivity index (χ1n) is 8.91. The van der Waals surface area contributed by atoms with Crippen molar-refractivity contribution in [3.05, 3.63) is 34.7 Å². The molecule has 2 aromatic rings. The van der Waals surface area contributed by atoms with Crippen LogP contribution in [0.4, 0.5) is 0 Å². The van der Waals surface area contributed by atoms with Crippen LogP contribution in [0.25, 0.3) is 11.0 Å². The number of carbonyl (C=O) groups is 1. The lowest BCUT2D eigenvalue weighted by atomic mass is 10.0. The topological polar surface area (TPSA) is 56.0 Å². The van der Waals surface area contributed by atoms with Crippen molar-refractivity contribution in [3.63, 3.8) is 0 Å². The summed E-state index contributed by atoms with van der Waals surface area (Å²) in [6.07, 6.45) is 2.41. The highest BCUT2D eigenvalue weighted by Crippen LogP contribution is 2.13. The zero-order valence-corrected chi connectivity index (χ0v) is 15.2. The number of carbonyl (C=O) groups excluding carboxylic acids is 1. The molecule has 0 aliphatic rings. The summed E-state index contributed by atoms with van der Waals surface area (Å²) in [4.78, 5) is 24.7. The fourth-order valence-corrected chi connectivity index (χ4v) is 3.01. The van der Waals surface area contributed by atoms with Crippen LogP contribution >= 0.6 is 0 Å². The number of nitrogens with one attached hydrogen (secondary N) is 1. The van der Waals surface area contributed by atoms with Gasteiger partial charge >= 0.3 is 5.69 Å². The molecule has 5 heteroatoms. The summed E-state index contributed by atoms with van der Waals surface area (Å²) >= 11 is 0. The lowest BCUT2D eigenvalue weighted by molar-refractivity contribution is -0.121. The molecule has 0 fully saturated rings. The Morgan fingerprint density at radius 2 is 1.71 bits per heavy atom. The van der Waals surface area contributed by atoms with E-state index in [1.807, 2.05) is 38.1 Å². The van der Waals surface area contributed by atoms with Gasteiger partial charge in [-0.05, 0) is 44.7 Å². The minimum Gasteiger partial charge on any atom is -0.354 e. The molecule has 0 aliphatic heterocycles. The van der Waals surface area contributed by atoms with E-state index in [0.29, 0.717) is 25.4 Å². The van der Waals surface area contributed by atoms with Gasteiger partial charge in [0.2, 0.25) is 5.91 Å². The summed E-state index contributed by atoms with van der Waals surface area (Å²) in [6.45, 7) is 9.41. The van der Waals surface area contributed by atoms with E-state index in [4.69, 9.17) is 0 Å². The number of hydrogen-bond donors (Lipinski definition) is 1. The SMILES string of the molecule is CCn1c(=O)n(CCC(=O)NC(C)CCC(C)C)c2ccccc21. The highest BCUT2D eigenvalue weighted by Gasteiger charge is 2.13. The average Bonchev–Trinajstić information content (AvgIpc) is 2.82. The average molecular weight is 331 g/mol. The highest BCUT2D eigenvalue weighted by molar-refractivity contribution is 5.78. The van der Waals surface area contributed by atoms with Crippen LogP contribution in [0.5, 0.6) is 0 Å². The molecule has 1 aromatic heterocycles. The van der Waals surface area contributed by atoms with E-state index in [-0.39, 0.29) is 17.6 Å². The summed E-state index contributed by atoms with van der Waals surface area (Å²) in [6, 6.07) is 7.92. The maximum Gasteiger partial charge on any atom is 0.329 e. The standard InChI is InChI=1S/C19H29N3O2/c1-5-21-16-8-6-7-9-17(16)22(19(21)24)13-12-18(23)20-15(4)11-10-14(2)3/h6-9,14-15H,5,10-13H2,1-4H3,(H,20,23).